The van der Waals surface area contributed by atoms with Gasteiger partial charge in [0.1, 0.15) is 6.29 Å². The summed E-state index contributed by atoms with van der Waals surface area (Å²) in [5, 5.41) is 9.56. The summed E-state index contributed by atoms with van der Waals surface area (Å²) in [7, 11) is 1.70. The van der Waals surface area contributed by atoms with Gasteiger partial charge in [0.15, 0.2) is 0 Å². The van der Waals surface area contributed by atoms with Crippen molar-refractivity contribution in [2.45, 2.75) is 96.8 Å². The molecule has 0 saturated heterocycles. The van der Waals surface area contributed by atoms with Crippen LogP contribution in [0.5, 0.6) is 0 Å². The Morgan fingerprint density at radius 1 is 0.911 bits per heavy atom. The van der Waals surface area contributed by atoms with Crippen LogP contribution in [0.4, 0.5) is 0 Å². The Labute approximate surface area is 284 Å². The quantitative estimate of drug-likeness (QED) is 0.0536. The van der Waals surface area contributed by atoms with Gasteiger partial charge >= 0.3 is 0 Å². The van der Waals surface area contributed by atoms with Gasteiger partial charge < -0.3 is 9.84 Å². The van der Waals surface area contributed by atoms with Crippen LogP contribution < -0.4 is 0 Å². The van der Waals surface area contributed by atoms with Crippen LogP contribution in [0, 0.1) is 5.92 Å². The number of aryl methyl sites for hydroxylation is 2. The van der Waals surface area contributed by atoms with E-state index in [2.05, 4.69) is 110 Å². The monoisotopic (exact) mass is 648 g/mol. The molecule has 0 radical (unpaired) electrons. The van der Waals surface area contributed by atoms with Gasteiger partial charge in [-0.05, 0) is 115 Å². The predicted octanol–water partition coefficient (Wildman–Crippen LogP) is 10.4. The molecule has 0 amide bonds. The van der Waals surface area contributed by atoms with Crippen molar-refractivity contribution in [1.82, 2.24) is 0 Å². The molecule has 1 N–H and O–H groups in total. The van der Waals surface area contributed by atoms with E-state index < -0.39 is 0 Å². The Morgan fingerprint density at radius 2 is 1.47 bits per heavy atom. The third-order valence-corrected chi connectivity index (χ3v) is 8.88. The standard InChI is InChI=1S/C36H48O2.C4H6O.H2S2/c1-4-6-7-8-27-9-15-34(16-10-27)36-22-21-35(24-30(36)5-2)33-19-17-32(18-20-33)31-13-11-28(12-14-31)23-29(25-37)26-38-3;1-4(2)3-5;1-2/h9-16,21-22,24,29,32-33,37H,4-8,17-20,23,25-26H2,1-3H3;3H,1H2,2H3;1-2H. The third-order valence-electron chi connectivity index (χ3n) is 8.88. The molecule has 3 nitrogen and oxygen atoms in total. The van der Waals surface area contributed by atoms with E-state index in [4.69, 9.17) is 4.74 Å². The first-order valence-electron chi connectivity index (χ1n) is 16.6. The molecule has 4 rings (SSSR count). The molecule has 3 aromatic carbocycles. The molecule has 3 aromatic rings. The molecule has 246 valence electrons. The minimum atomic E-state index is 0.172. The third kappa shape index (κ3) is 13.1. The maximum atomic E-state index is 9.56. The largest absolute Gasteiger partial charge is 0.396 e. The van der Waals surface area contributed by atoms with E-state index >= 15 is 0 Å². The number of rotatable bonds is 14. The van der Waals surface area contributed by atoms with Gasteiger partial charge in [-0.15, -0.1) is 23.3 Å². The van der Waals surface area contributed by atoms with Crippen LogP contribution in [-0.4, -0.2) is 31.7 Å². The first kappa shape index (κ1) is 38.9. The number of hydrogen-bond donors (Lipinski definition) is 3. The van der Waals surface area contributed by atoms with Gasteiger partial charge in [-0.1, -0.05) is 100.0 Å². The molecule has 0 spiro atoms. The smallest absolute Gasteiger partial charge is 0.145 e. The molecule has 1 aliphatic rings. The van der Waals surface area contributed by atoms with Gasteiger partial charge in [-0.3, -0.25) is 4.79 Å². The fourth-order valence-electron chi connectivity index (χ4n) is 6.30. The molecule has 0 heterocycles. The molecular formula is C40H56O3S2. The highest BCUT2D eigenvalue weighted by atomic mass is 33.1. The first-order chi connectivity index (χ1) is 21.9. The highest BCUT2D eigenvalue weighted by molar-refractivity contribution is 8.59. The van der Waals surface area contributed by atoms with Crippen molar-refractivity contribution in [3.63, 3.8) is 0 Å². The number of ether oxygens (including phenoxy) is 1. The van der Waals surface area contributed by atoms with Crippen LogP contribution in [0.2, 0.25) is 0 Å². The zero-order valence-corrected chi connectivity index (χ0v) is 29.8. The zero-order chi connectivity index (χ0) is 33.0. The van der Waals surface area contributed by atoms with Crippen LogP contribution >= 0.6 is 23.3 Å². The molecule has 1 aliphatic carbocycles. The van der Waals surface area contributed by atoms with E-state index in [0.29, 0.717) is 24.0 Å². The van der Waals surface area contributed by atoms with Crippen LogP contribution in [0.15, 0.2) is 78.9 Å². The van der Waals surface area contributed by atoms with Gasteiger partial charge in [0.25, 0.3) is 0 Å². The molecule has 1 unspecified atom stereocenters. The van der Waals surface area contributed by atoms with E-state index in [1.54, 1.807) is 14.0 Å². The molecule has 0 bridgehead atoms. The topological polar surface area (TPSA) is 46.5 Å². The van der Waals surface area contributed by atoms with Gasteiger partial charge in [-0.2, -0.15) is 0 Å². The second-order valence-electron chi connectivity index (χ2n) is 12.4. The van der Waals surface area contributed by atoms with Crippen molar-refractivity contribution < 1.29 is 14.6 Å². The molecule has 0 aromatic heterocycles. The minimum Gasteiger partial charge on any atom is -0.396 e. The van der Waals surface area contributed by atoms with E-state index in [1.807, 2.05) is 0 Å². The Hall–Kier alpha value is -2.31. The lowest BCUT2D eigenvalue weighted by molar-refractivity contribution is -0.104. The van der Waals surface area contributed by atoms with Crippen LogP contribution in [0.25, 0.3) is 11.1 Å². The van der Waals surface area contributed by atoms with Gasteiger partial charge in [-0.25, -0.2) is 0 Å². The molecule has 0 aliphatic heterocycles. The Kier molecular flexibility index (Phi) is 19.2. The Morgan fingerprint density at radius 3 is 1.98 bits per heavy atom. The van der Waals surface area contributed by atoms with Crippen molar-refractivity contribution in [3.05, 3.63) is 107 Å². The maximum absolute atomic E-state index is 9.56. The summed E-state index contributed by atoms with van der Waals surface area (Å²) in [5.74, 6) is 1.51. The van der Waals surface area contributed by atoms with Gasteiger partial charge in [0.2, 0.25) is 0 Å². The number of carbonyl (C=O) groups excluding carboxylic acids is 1. The lowest BCUT2D eigenvalue weighted by atomic mass is 9.75. The minimum absolute atomic E-state index is 0.172. The molecule has 1 saturated carbocycles. The number of unbranched alkanes of at least 4 members (excludes halogenated alkanes) is 2. The number of allylic oxidation sites excluding steroid dienone is 1. The molecular weight excluding hydrogens is 593 g/mol. The molecule has 1 fully saturated rings. The molecule has 45 heavy (non-hydrogen) atoms. The van der Waals surface area contributed by atoms with Crippen molar-refractivity contribution in [2.75, 3.05) is 20.3 Å². The van der Waals surface area contributed by atoms with Crippen molar-refractivity contribution in [1.29, 1.82) is 0 Å². The van der Waals surface area contributed by atoms with Crippen LogP contribution in [0.1, 0.15) is 105 Å². The maximum Gasteiger partial charge on any atom is 0.145 e. The van der Waals surface area contributed by atoms with Crippen LogP contribution in [0.3, 0.4) is 0 Å². The summed E-state index contributed by atoms with van der Waals surface area (Å²) >= 11 is 6.44. The lowest BCUT2D eigenvalue weighted by Gasteiger charge is -2.30. The number of aliphatic hydroxyl groups excluding tert-OH is 1. The number of thiol groups is 2. The highest BCUT2D eigenvalue weighted by Gasteiger charge is 2.24. The molecule has 1 atom stereocenters. The summed E-state index contributed by atoms with van der Waals surface area (Å²) in [5.41, 5.74) is 10.6. The number of hydrogen-bond acceptors (Lipinski definition) is 5. The fourth-order valence-corrected chi connectivity index (χ4v) is 6.30. The average molecular weight is 649 g/mol. The summed E-state index contributed by atoms with van der Waals surface area (Å²) in [6.07, 6.45) is 12.8. The normalized spacial score (nSPS) is 16.4. The number of aldehydes is 1. The summed E-state index contributed by atoms with van der Waals surface area (Å²) in [6, 6.07) is 25.8. The SMILES string of the molecule is C=C(C)C=O.CCCCCc1ccc(-c2ccc(C3CCC(c4ccc(CC(CO)COC)cc4)CC3)cc2CC)cc1.SS. The Bertz CT molecular complexity index is 1250. The number of benzene rings is 3. The zero-order valence-electron chi connectivity index (χ0n) is 28.0. The van der Waals surface area contributed by atoms with Crippen molar-refractivity contribution in [2.24, 2.45) is 5.92 Å². The van der Waals surface area contributed by atoms with E-state index in [-0.39, 0.29) is 12.5 Å². The summed E-state index contributed by atoms with van der Waals surface area (Å²) in [6.45, 7) is 10.3. The second kappa shape index (κ2) is 22.3. The first-order valence-corrected chi connectivity index (χ1v) is 18.2. The number of aliphatic hydroxyl groups is 1. The Balaban J connectivity index is 0.000000917. The molecule has 5 heteroatoms. The number of carbonyl (C=O) groups is 1. The highest BCUT2D eigenvalue weighted by Crippen LogP contribution is 2.41. The van der Waals surface area contributed by atoms with Crippen molar-refractivity contribution >= 4 is 29.6 Å². The van der Waals surface area contributed by atoms with Gasteiger partial charge in [0, 0.05) is 19.6 Å². The summed E-state index contributed by atoms with van der Waals surface area (Å²) < 4.78 is 5.24. The number of methoxy groups -OCH3 is 1. The van der Waals surface area contributed by atoms with E-state index in [0.717, 1.165) is 19.1 Å². The lowest BCUT2D eigenvalue weighted by Crippen LogP contribution is -2.16. The fraction of sp³-hybridized carbons (Fsp3) is 0.475. The second-order valence-corrected chi connectivity index (χ2v) is 12.4. The van der Waals surface area contributed by atoms with Crippen molar-refractivity contribution in [3.8, 4) is 11.1 Å². The van der Waals surface area contributed by atoms with Gasteiger partial charge in [0.05, 0.1) is 6.61 Å². The van der Waals surface area contributed by atoms with E-state index in [9.17, 15) is 9.90 Å². The van der Waals surface area contributed by atoms with E-state index in [1.165, 1.54) is 90.3 Å². The summed E-state index contributed by atoms with van der Waals surface area (Å²) in [4.78, 5) is 9.41. The van der Waals surface area contributed by atoms with Crippen LogP contribution in [-0.2, 0) is 28.8 Å². The average Bonchev–Trinajstić information content (AvgIpc) is 3.09. The predicted molar refractivity (Wildman–Crippen MR) is 200 cm³/mol.